The summed E-state index contributed by atoms with van der Waals surface area (Å²) < 4.78 is 5.27. The number of hydrogen-bond acceptors (Lipinski definition) is 4. The van der Waals surface area contributed by atoms with E-state index in [-0.39, 0.29) is 0 Å². The van der Waals surface area contributed by atoms with E-state index in [9.17, 15) is 5.11 Å². The topological polar surface area (TPSA) is 32.7 Å². The normalized spacial score (nSPS) is 36.7. The van der Waals surface area contributed by atoms with Crippen LogP contribution in [0.2, 0.25) is 0 Å². The third-order valence-electron chi connectivity index (χ3n) is 2.70. The maximum Gasteiger partial charge on any atom is 0.0871 e. The Bertz CT molecular complexity index is 165. The predicted octanol–water partition coefficient (Wildman–Crippen LogP) is 0.187. The molecule has 4 heteroatoms. The molecule has 0 aromatic rings. The average Bonchev–Trinajstić information content (AvgIpc) is 2.54. The van der Waals surface area contributed by atoms with Crippen LogP contribution in [0, 0.1) is 0 Å². The number of thioether (sulfide) groups is 1. The number of hydrogen-bond donors (Lipinski definition) is 1. The Hall–Kier alpha value is 0.230. The molecule has 2 rings (SSSR count). The number of aliphatic hydroxyl groups is 1. The third-order valence-corrected chi connectivity index (χ3v) is 3.94. The van der Waals surface area contributed by atoms with Gasteiger partial charge < -0.3 is 9.84 Å². The lowest BCUT2D eigenvalue weighted by atomic mass is 10.0. The van der Waals surface area contributed by atoms with E-state index < -0.39 is 5.60 Å². The molecular formula is C9H17NO2S. The molecule has 2 fully saturated rings. The first-order valence-electron chi connectivity index (χ1n) is 4.89. The van der Waals surface area contributed by atoms with E-state index in [1.807, 2.05) is 11.8 Å². The molecule has 0 bridgehead atoms. The van der Waals surface area contributed by atoms with Gasteiger partial charge in [-0.05, 0) is 12.2 Å². The van der Waals surface area contributed by atoms with Gasteiger partial charge in [-0.15, -0.1) is 0 Å². The molecule has 2 heterocycles. The van der Waals surface area contributed by atoms with Gasteiger partial charge >= 0.3 is 0 Å². The minimum atomic E-state index is -0.415. The van der Waals surface area contributed by atoms with Crippen molar-refractivity contribution in [1.82, 2.24) is 4.90 Å². The van der Waals surface area contributed by atoms with Crippen molar-refractivity contribution in [1.29, 1.82) is 0 Å². The monoisotopic (exact) mass is 203 g/mol. The van der Waals surface area contributed by atoms with E-state index in [0.717, 1.165) is 50.8 Å². The third kappa shape index (κ3) is 2.59. The van der Waals surface area contributed by atoms with Crippen molar-refractivity contribution in [3.63, 3.8) is 0 Å². The van der Waals surface area contributed by atoms with Crippen molar-refractivity contribution in [2.45, 2.75) is 12.0 Å². The Labute approximate surface area is 83.4 Å². The first kappa shape index (κ1) is 9.77. The number of ether oxygens (including phenoxy) is 1. The largest absolute Gasteiger partial charge is 0.388 e. The fourth-order valence-electron chi connectivity index (χ4n) is 1.90. The smallest absolute Gasteiger partial charge is 0.0871 e. The first-order chi connectivity index (χ1) is 6.29. The van der Waals surface area contributed by atoms with E-state index in [2.05, 4.69) is 4.90 Å². The summed E-state index contributed by atoms with van der Waals surface area (Å²) in [4.78, 5) is 2.31. The van der Waals surface area contributed by atoms with Crippen LogP contribution in [0.25, 0.3) is 0 Å². The summed E-state index contributed by atoms with van der Waals surface area (Å²) in [5, 5.41) is 10.1. The van der Waals surface area contributed by atoms with Crippen LogP contribution in [0.3, 0.4) is 0 Å². The molecule has 1 atom stereocenters. The molecule has 2 saturated heterocycles. The standard InChI is InChI=1S/C9H17NO2S/c11-9(1-6-13-8-9)7-10-2-4-12-5-3-10/h11H,1-8H2. The highest BCUT2D eigenvalue weighted by molar-refractivity contribution is 7.99. The fourth-order valence-corrected chi connectivity index (χ4v) is 3.18. The number of nitrogens with zero attached hydrogens (tertiary/aromatic N) is 1. The maximum absolute atomic E-state index is 10.1. The predicted molar refractivity (Wildman–Crippen MR) is 54.2 cm³/mol. The number of morpholine rings is 1. The summed E-state index contributed by atoms with van der Waals surface area (Å²) in [5.74, 6) is 2.02. The van der Waals surface area contributed by atoms with E-state index in [1.54, 1.807) is 0 Å². The zero-order chi connectivity index (χ0) is 9.15. The SMILES string of the molecule is OC1(CN2CCOCC2)CCSC1. The Kier molecular flexibility index (Phi) is 3.14. The van der Waals surface area contributed by atoms with Crippen LogP contribution in [0.1, 0.15) is 6.42 Å². The van der Waals surface area contributed by atoms with E-state index in [4.69, 9.17) is 4.74 Å². The Morgan fingerprint density at radius 2 is 2.15 bits per heavy atom. The molecule has 1 unspecified atom stereocenters. The molecule has 2 aliphatic rings. The first-order valence-corrected chi connectivity index (χ1v) is 6.04. The molecule has 2 aliphatic heterocycles. The van der Waals surface area contributed by atoms with Crippen molar-refractivity contribution in [2.75, 3.05) is 44.4 Å². The molecule has 0 amide bonds. The van der Waals surface area contributed by atoms with Gasteiger partial charge in [0.1, 0.15) is 0 Å². The maximum atomic E-state index is 10.1. The van der Waals surface area contributed by atoms with Crippen LogP contribution < -0.4 is 0 Å². The van der Waals surface area contributed by atoms with Gasteiger partial charge in [-0.25, -0.2) is 0 Å². The van der Waals surface area contributed by atoms with Gasteiger partial charge in [0.15, 0.2) is 0 Å². The molecule has 1 N–H and O–H groups in total. The minimum Gasteiger partial charge on any atom is -0.388 e. The Morgan fingerprint density at radius 1 is 1.38 bits per heavy atom. The molecule has 13 heavy (non-hydrogen) atoms. The summed E-state index contributed by atoms with van der Waals surface area (Å²) in [5.41, 5.74) is -0.415. The van der Waals surface area contributed by atoms with Crippen LogP contribution in [0.15, 0.2) is 0 Å². The van der Waals surface area contributed by atoms with Gasteiger partial charge in [-0.3, -0.25) is 4.90 Å². The quantitative estimate of drug-likeness (QED) is 0.694. The summed E-state index contributed by atoms with van der Waals surface area (Å²) in [6.07, 6.45) is 0.953. The van der Waals surface area contributed by atoms with Crippen molar-refractivity contribution in [3.8, 4) is 0 Å². The average molecular weight is 203 g/mol. The summed E-state index contributed by atoms with van der Waals surface area (Å²) in [6.45, 7) is 4.44. The van der Waals surface area contributed by atoms with Gasteiger partial charge in [-0.2, -0.15) is 11.8 Å². The fraction of sp³-hybridized carbons (Fsp3) is 1.00. The highest BCUT2D eigenvalue weighted by Crippen LogP contribution is 2.28. The number of β-amino-alcohol motifs (C(OH)–C–C–N with tert-alkyl or cyclic N) is 1. The van der Waals surface area contributed by atoms with Crippen LogP contribution in [0.4, 0.5) is 0 Å². The van der Waals surface area contributed by atoms with Gasteiger partial charge in [0, 0.05) is 25.4 Å². The minimum absolute atomic E-state index is 0.415. The zero-order valence-electron chi connectivity index (χ0n) is 7.87. The summed E-state index contributed by atoms with van der Waals surface area (Å²) in [7, 11) is 0. The van der Waals surface area contributed by atoms with Crippen LogP contribution >= 0.6 is 11.8 Å². The van der Waals surface area contributed by atoms with Gasteiger partial charge in [0.25, 0.3) is 0 Å². The lowest BCUT2D eigenvalue weighted by Gasteiger charge is -2.33. The summed E-state index contributed by atoms with van der Waals surface area (Å²) in [6, 6.07) is 0. The Morgan fingerprint density at radius 3 is 2.77 bits per heavy atom. The highest BCUT2D eigenvalue weighted by Gasteiger charge is 2.33. The van der Waals surface area contributed by atoms with Crippen LogP contribution in [0.5, 0.6) is 0 Å². The molecule has 0 aliphatic carbocycles. The second-order valence-corrected chi connectivity index (χ2v) is 5.02. The molecule has 76 valence electrons. The lowest BCUT2D eigenvalue weighted by Crippen LogP contribution is -2.47. The van der Waals surface area contributed by atoms with Crippen molar-refractivity contribution in [3.05, 3.63) is 0 Å². The van der Waals surface area contributed by atoms with E-state index >= 15 is 0 Å². The Balaban J connectivity index is 1.81. The second kappa shape index (κ2) is 4.17. The lowest BCUT2D eigenvalue weighted by molar-refractivity contribution is -0.0187. The molecule has 0 radical (unpaired) electrons. The van der Waals surface area contributed by atoms with E-state index in [0.29, 0.717) is 0 Å². The van der Waals surface area contributed by atoms with Crippen molar-refractivity contribution < 1.29 is 9.84 Å². The number of rotatable bonds is 2. The van der Waals surface area contributed by atoms with E-state index in [1.165, 1.54) is 0 Å². The van der Waals surface area contributed by atoms with Gasteiger partial charge in [0.2, 0.25) is 0 Å². The second-order valence-electron chi connectivity index (χ2n) is 3.92. The molecular weight excluding hydrogens is 186 g/mol. The summed E-state index contributed by atoms with van der Waals surface area (Å²) >= 11 is 1.86. The molecule has 0 spiro atoms. The van der Waals surface area contributed by atoms with Gasteiger partial charge in [0.05, 0.1) is 18.8 Å². The highest BCUT2D eigenvalue weighted by atomic mass is 32.2. The molecule has 0 aromatic carbocycles. The van der Waals surface area contributed by atoms with Crippen LogP contribution in [-0.2, 0) is 4.74 Å². The van der Waals surface area contributed by atoms with Crippen LogP contribution in [-0.4, -0.2) is 60.0 Å². The molecule has 3 nitrogen and oxygen atoms in total. The zero-order valence-corrected chi connectivity index (χ0v) is 8.68. The van der Waals surface area contributed by atoms with Crippen molar-refractivity contribution >= 4 is 11.8 Å². The molecule has 0 saturated carbocycles. The molecule has 0 aromatic heterocycles. The van der Waals surface area contributed by atoms with Crippen molar-refractivity contribution in [2.24, 2.45) is 0 Å². The van der Waals surface area contributed by atoms with Gasteiger partial charge in [-0.1, -0.05) is 0 Å².